The van der Waals surface area contributed by atoms with Gasteiger partial charge in [0.25, 0.3) is 0 Å². The number of halogens is 3. The summed E-state index contributed by atoms with van der Waals surface area (Å²) in [6.07, 6.45) is -1.95. The van der Waals surface area contributed by atoms with Crippen LogP contribution in [-0.4, -0.2) is 37.1 Å². The largest absolute Gasteiger partial charge is 0.416 e. The lowest BCUT2D eigenvalue weighted by Crippen LogP contribution is -2.44. The van der Waals surface area contributed by atoms with Gasteiger partial charge in [-0.25, -0.2) is 5.43 Å². The summed E-state index contributed by atoms with van der Waals surface area (Å²) < 4.78 is 38.2. The van der Waals surface area contributed by atoms with E-state index >= 15 is 0 Å². The number of hydrogen-bond donors (Lipinski definition) is 3. The van der Waals surface area contributed by atoms with Gasteiger partial charge in [-0.2, -0.15) is 13.2 Å². The Morgan fingerprint density at radius 1 is 1.28 bits per heavy atom. The van der Waals surface area contributed by atoms with Crippen molar-refractivity contribution >= 4 is 0 Å². The molecular formula is C18H27F3N4. The SMILES string of the molecule is CC(N)C1CCCN(CC2CNNC2c2ccc(C(F)(F)F)cc2)C1. The first-order valence-corrected chi connectivity index (χ1v) is 8.98. The quantitative estimate of drug-likeness (QED) is 0.776. The average Bonchev–Trinajstić information content (AvgIpc) is 3.02. The van der Waals surface area contributed by atoms with Crippen molar-refractivity contribution in [3.05, 3.63) is 35.4 Å². The van der Waals surface area contributed by atoms with Crippen molar-refractivity contribution in [2.45, 2.75) is 38.0 Å². The van der Waals surface area contributed by atoms with Crippen molar-refractivity contribution in [1.82, 2.24) is 15.8 Å². The third-order valence-corrected chi connectivity index (χ3v) is 5.47. The average molecular weight is 356 g/mol. The van der Waals surface area contributed by atoms with Gasteiger partial charge in [0.2, 0.25) is 0 Å². The van der Waals surface area contributed by atoms with Crippen LogP contribution in [0.25, 0.3) is 0 Å². The molecule has 3 rings (SSSR count). The van der Waals surface area contributed by atoms with Gasteiger partial charge < -0.3 is 10.6 Å². The van der Waals surface area contributed by atoms with Crippen molar-refractivity contribution in [3.8, 4) is 0 Å². The number of benzene rings is 1. The predicted octanol–water partition coefficient (Wildman–Crippen LogP) is 2.53. The molecule has 0 spiro atoms. The van der Waals surface area contributed by atoms with Gasteiger partial charge in [0.15, 0.2) is 0 Å². The highest BCUT2D eigenvalue weighted by Gasteiger charge is 2.34. The molecule has 4 unspecified atom stereocenters. The Hall–Kier alpha value is -1.15. The van der Waals surface area contributed by atoms with Crippen LogP contribution in [0.15, 0.2) is 24.3 Å². The van der Waals surface area contributed by atoms with Gasteiger partial charge in [-0.15, -0.1) is 0 Å². The van der Waals surface area contributed by atoms with Crippen LogP contribution < -0.4 is 16.6 Å². The molecule has 0 radical (unpaired) electrons. The normalized spacial score (nSPS) is 29.7. The zero-order valence-electron chi connectivity index (χ0n) is 14.5. The number of likely N-dealkylation sites (tertiary alicyclic amines) is 1. The number of hydrazine groups is 1. The second kappa shape index (κ2) is 7.61. The Morgan fingerprint density at radius 3 is 2.64 bits per heavy atom. The number of piperidine rings is 1. The molecule has 0 amide bonds. The molecule has 140 valence electrons. The smallest absolute Gasteiger partial charge is 0.328 e. The molecule has 4 N–H and O–H groups in total. The highest BCUT2D eigenvalue weighted by Crippen LogP contribution is 2.32. The molecule has 0 aliphatic carbocycles. The van der Waals surface area contributed by atoms with Gasteiger partial charge in [-0.3, -0.25) is 5.43 Å². The highest BCUT2D eigenvalue weighted by molar-refractivity contribution is 5.27. The van der Waals surface area contributed by atoms with Crippen molar-refractivity contribution in [3.63, 3.8) is 0 Å². The second-order valence-electron chi connectivity index (χ2n) is 7.40. The van der Waals surface area contributed by atoms with E-state index in [9.17, 15) is 13.2 Å². The number of nitrogens with two attached hydrogens (primary N) is 1. The first kappa shape index (κ1) is 18.6. The summed E-state index contributed by atoms with van der Waals surface area (Å²) in [5.41, 5.74) is 12.7. The molecule has 2 aliphatic heterocycles. The molecule has 2 heterocycles. The Kier molecular flexibility index (Phi) is 5.68. The molecular weight excluding hydrogens is 329 g/mol. The van der Waals surface area contributed by atoms with E-state index in [4.69, 9.17) is 5.73 Å². The molecule has 7 heteroatoms. The zero-order chi connectivity index (χ0) is 18.0. The van der Waals surface area contributed by atoms with E-state index in [0.29, 0.717) is 11.8 Å². The first-order chi connectivity index (χ1) is 11.8. The van der Waals surface area contributed by atoms with Crippen molar-refractivity contribution in [2.24, 2.45) is 17.6 Å². The fourth-order valence-electron chi connectivity index (χ4n) is 3.96. The number of nitrogens with zero attached hydrogens (tertiary/aromatic N) is 1. The third-order valence-electron chi connectivity index (χ3n) is 5.47. The molecule has 0 saturated carbocycles. The summed E-state index contributed by atoms with van der Waals surface area (Å²) in [5, 5.41) is 0. The second-order valence-corrected chi connectivity index (χ2v) is 7.40. The summed E-state index contributed by atoms with van der Waals surface area (Å²) >= 11 is 0. The van der Waals surface area contributed by atoms with Gasteiger partial charge in [-0.05, 0) is 49.9 Å². The van der Waals surface area contributed by atoms with E-state index in [1.807, 2.05) is 0 Å². The summed E-state index contributed by atoms with van der Waals surface area (Å²) in [7, 11) is 0. The highest BCUT2D eigenvalue weighted by atomic mass is 19.4. The van der Waals surface area contributed by atoms with Crippen LogP contribution in [0, 0.1) is 11.8 Å². The van der Waals surface area contributed by atoms with Gasteiger partial charge >= 0.3 is 6.18 Å². The lowest BCUT2D eigenvalue weighted by molar-refractivity contribution is -0.137. The van der Waals surface area contributed by atoms with Crippen LogP contribution >= 0.6 is 0 Å². The zero-order valence-corrected chi connectivity index (χ0v) is 14.5. The maximum Gasteiger partial charge on any atom is 0.416 e. The van der Waals surface area contributed by atoms with Gasteiger partial charge in [-0.1, -0.05) is 12.1 Å². The fraction of sp³-hybridized carbons (Fsp3) is 0.667. The van der Waals surface area contributed by atoms with Crippen LogP contribution in [0.1, 0.15) is 36.9 Å². The maximum absolute atomic E-state index is 12.7. The predicted molar refractivity (Wildman–Crippen MR) is 91.6 cm³/mol. The summed E-state index contributed by atoms with van der Waals surface area (Å²) in [6, 6.07) is 5.73. The van der Waals surface area contributed by atoms with Crippen LogP contribution in [-0.2, 0) is 6.18 Å². The Morgan fingerprint density at radius 2 is 2.00 bits per heavy atom. The molecule has 25 heavy (non-hydrogen) atoms. The van der Waals surface area contributed by atoms with Crippen molar-refractivity contribution in [2.75, 3.05) is 26.2 Å². The summed E-state index contributed by atoms with van der Waals surface area (Å²) in [6.45, 7) is 5.88. The lowest BCUT2D eigenvalue weighted by atomic mass is 9.89. The topological polar surface area (TPSA) is 53.3 Å². The molecule has 2 aliphatic rings. The van der Waals surface area contributed by atoms with E-state index < -0.39 is 11.7 Å². The fourth-order valence-corrected chi connectivity index (χ4v) is 3.96. The number of alkyl halides is 3. The standard InChI is InChI=1S/C18H27F3N4/c1-12(22)14-3-2-8-25(10-14)11-15-9-23-24-17(15)13-4-6-16(7-5-13)18(19,20)21/h4-7,12,14-15,17,23-24H,2-3,8-11,22H2,1H3. The van der Waals surface area contributed by atoms with E-state index in [-0.39, 0.29) is 12.1 Å². The monoisotopic (exact) mass is 356 g/mol. The van der Waals surface area contributed by atoms with Gasteiger partial charge in [0.1, 0.15) is 0 Å². The molecule has 2 fully saturated rings. The number of hydrogen-bond acceptors (Lipinski definition) is 4. The van der Waals surface area contributed by atoms with E-state index in [0.717, 1.165) is 38.2 Å². The molecule has 0 bridgehead atoms. The lowest BCUT2D eigenvalue weighted by Gasteiger charge is -2.36. The Bertz CT molecular complexity index is 558. The van der Waals surface area contributed by atoms with Crippen LogP contribution in [0.5, 0.6) is 0 Å². The van der Waals surface area contributed by atoms with Crippen LogP contribution in [0.4, 0.5) is 13.2 Å². The minimum atomic E-state index is -4.29. The van der Waals surface area contributed by atoms with Crippen molar-refractivity contribution < 1.29 is 13.2 Å². The number of rotatable bonds is 4. The molecule has 4 atom stereocenters. The molecule has 1 aromatic rings. The molecule has 0 aromatic heterocycles. The van der Waals surface area contributed by atoms with Crippen LogP contribution in [0.2, 0.25) is 0 Å². The Labute approximate surface area is 146 Å². The van der Waals surface area contributed by atoms with E-state index in [2.05, 4.69) is 22.7 Å². The minimum Gasteiger partial charge on any atom is -0.328 e. The summed E-state index contributed by atoms with van der Waals surface area (Å²) in [4.78, 5) is 2.45. The van der Waals surface area contributed by atoms with E-state index in [1.165, 1.54) is 18.6 Å². The maximum atomic E-state index is 12.7. The minimum absolute atomic E-state index is 0.0259. The summed E-state index contributed by atoms with van der Waals surface area (Å²) in [5.74, 6) is 0.851. The molecule has 4 nitrogen and oxygen atoms in total. The Balaban J connectivity index is 1.64. The van der Waals surface area contributed by atoms with Crippen molar-refractivity contribution in [1.29, 1.82) is 0 Å². The van der Waals surface area contributed by atoms with Gasteiger partial charge in [0, 0.05) is 31.6 Å². The molecule has 2 saturated heterocycles. The third kappa shape index (κ3) is 4.53. The van der Waals surface area contributed by atoms with E-state index in [1.54, 1.807) is 12.1 Å². The number of nitrogens with one attached hydrogen (secondary N) is 2. The van der Waals surface area contributed by atoms with Crippen LogP contribution in [0.3, 0.4) is 0 Å². The first-order valence-electron chi connectivity index (χ1n) is 8.98. The van der Waals surface area contributed by atoms with Gasteiger partial charge in [0.05, 0.1) is 11.6 Å². The molecule has 1 aromatic carbocycles.